The molecule has 7 nitrogen and oxygen atoms in total. The average molecular weight is 377 g/mol. The van der Waals surface area contributed by atoms with Crippen molar-refractivity contribution in [2.24, 2.45) is 0 Å². The molecule has 0 aliphatic rings. The molecule has 26 heavy (non-hydrogen) atoms. The number of amides is 1. The third-order valence-electron chi connectivity index (χ3n) is 3.54. The zero-order chi connectivity index (χ0) is 18.7. The maximum atomic E-state index is 13.1. The molecule has 0 atom stereocenters. The number of hydrogen-bond acceptors (Lipinski definition) is 5. The van der Waals surface area contributed by atoms with Crippen molar-refractivity contribution in [2.45, 2.75) is 20.0 Å². The molecule has 3 aromatic rings. The largest absolute Gasteiger partial charge is 0.421 e. The zero-order valence-corrected chi connectivity index (χ0v) is 14.5. The Morgan fingerprint density at radius 1 is 1.31 bits per heavy atom. The highest BCUT2D eigenvalue weighted by atomic mass is 35.5. The topological polar surface area (TPSA) is 90.0 Å². The van der Waals surface area contributed by atoms with E-state index in [2.05, 4.69) is 15.5 Å². The predicted octanol–water partition coefficient (Wildman–Crippen LogP) is 2.32. The Labute approximate surface area is 152 Å². The average Bonchev–Trinajstić information content (AvgIpc) is 3.04. The van der Waals surface area contributed by atoms with E-state index in [-0.39, 0.29) is 35.5 Å². The second-order valence-corrected chi connectivity index (χ2v) is 5.94. The van der Waals surface area contributed by atoms with Crippen LogP contribution in [0.1, 0.15) is 11.5 Å². The van der Waals surface area contributed by atoms with E-state index in [1.807, 2.05) is 0 Å². The van der Waals surface area contributed by atoms with Crippen LogP contribution in [-0.4, -0.2) is 20.7 Å². The molecule has 0 radical (unpaired) electrons. The standard InChI is InChI=1S/C17H14ClFN4O3/c1-10-21-22-17(26-10)12-3-5-16(25)23(8-12)9-15(24)20-7-11-2-4-14(19)13(18)6-11/h2-6,8H,7,9H2,1H3,(H,20,24). The van der Waals surface area contributed by atoms with Crippen LogP contribution in [0.25, 0.3) is 11.5 Å². The fourth-order valence-corrected chi connectivity index (χ4v) is 2.46. The van der Waals surface area contributed by atoms with Crippen LogP contribution in [0, 0.1) is 12.7 Å². The van der Waals surface area contributed by atoms with Gasteiger partial charge in [-0.2, -0.15) is 0 Å². The van der Waals surface area contributed by atoms with Crippen molar-refractivity contribution in [3.8, 4) is 11.5 Å². The highest BCUT2D eigenvalue weighted by Crippen LogP contribution is 2.16. The quantitative estimate of drug-likeness (QED) is 0.738. The van der Waals surface area contributed by atoms with Gasteiger partial charge in [-0.05, 0) is 23.8 Å². The molecular formula is C17H14ClFN4O3. The molecule has 1 aromatic carbocycles. The highest BCUT2D eigenvalue weighted by molar-refractivity contribution is 6.30. The van der Waals surface area contributed by atoms with Crippen LogP contribution in [0.2, 0.25) is 5.02 Å². The van der Waals surface area contributed by atoms with Gasteiger partial charge >= 0.3 is 0 Å². The van der Waals surface area contributed by atoms with Gasteiger partial charge in [0.15, 0.2) is 0 Å². The lowest BCUT2D eigenvalue weighted by Gasteiger charge is -2.08. The summed E-state index contributed by atoms with van der Waals surface area (Å²) in [7, 11) is 0. The number of nitrogens with one attached hydrogen (secondary N) is 1. The first-order valence-electron chi connectivity index (χ1n) is 7.64. The maximum Gasteiger partial charge on any atom is 0.251 e. The Bertz CT molecular complexity index is 1020. The van der Waals surface area contributed by atoms with Gasteiger partial charge in [-0.15, -0.1) is 10.2 Å². The number of nitrogens with zero attached hydrogens (tertiary/aromatic N) is 3. The highest BCUT2D eigenvalue weighted by Gasteiger charge is 2.10. The van der Waals surface area contributed by atoms with E-state index in [0.29, 0.717) is 17.0 Å². The van der Waals surface area contributed by atoms with E-state index < -0.39 is 5.82 Å². The van der Waals surface area contributed by atoms with Gasteiger partial charge < -0.3 is 14.3 Å². The third kappa shape index (κ3) is 4.15. The van der Waals surface area contributed by atoms with Gasteiger partial charge in [0, 0.05) is 25.7 Å². The molecule has 1 N–H and O–H groups in total. The number of carbonyl (C=O) groups is 1. The number of hydrogen-bond donors (Lipinski definition) is 1. The first kappa shape index (κ1) is 17.8. The van der Waals surface area contributed by atoms with Crippen LogP contribution in [0.5, 0.6) is 0 Å². The summed E-state index contributed by atoms with van der Waals surface area (Å²) < 4.78 is 19.7. The van der Waals surface area contributed by atoms with Gasteiger partial charge in [0.05, 0.1) is 10.6 Å². The van der Waals surface area contributed by atoms with Gasteiger partial charge in [0.2, 0.25) is 17.7 Å². The Hall–Kier alpha value is -3.00. The molecule has 0 fully saturated rings. The van der Waals surface area contributed by atoms with Crippen LogP contribution in [0.15, 0.2) is 45.7 Å². The Balaban J connectivity index is 1.68. The normalized spacial score (nSPS) is 10.7. The van der Waals surface area contributed by atoms with Crippen molar-refractivity contribution in [3.05, 3.63) is 69.2 Å². The predicted molar refractivity (Wildman–Crippen MR) is 92.0 cm³/mol. The fraction of sp³-hybridized carbons (Fsp3) is 0.176. The Morgan fingerprint density at radius 2 is 2.12 bits per heavy atom. The molecule has 0 saturated heterocycles. The molecule has 9 heteroatoms. The summed E-state index contributed by atoms with van der Waals surface area (Å²) in [5, 5.41) is 10.2. The second kappa shape index (κ2) is 7.49. The first-order chi connectivity index (χ1) is 12.4. The maximum absolute atomic E-state index is 13.1. The van der Waals surface area contributed by atoms with E-state index in [4.69, 9.17) is 16.0 Å². The van der Waals surface area contributed by atoms with Gasteiger partial charge in [-0.25, -0.2) is 4.39 Å². The number of rotatable bonds is 5. The molecule has 0 unspecified atom stereocenters. The molecule has 0 spiro atoms. The molecule has 1 amide bonds. The summed E-state index contributed by atoms with van der Waals surface area (Å²) in [6.07, 6.45) is 1.48. The molecule has 2 aromatic heterocycles. The number of carbonyl (C=O) groups excluding carboxylic acids is 1. The summed E-state index contributed by atoms with van der Waals surface area (Å²) in [5.41, 5.74) is 0.834. The van der Waals surface area contributed by atoms with Crippen LogP contribution in [-0.2, 0) is 17.9 Å². The lowest BCUT2D eigenvalue weighted by molar-refractivity contribution is -0.121. The third-order valence-corrected chi connectivity index (χ3v) is 3.83. The molecular weight excluding hydrogens is 363 g/mol. The van der Waals surface area contributed by atoms with E-state index in [1.165, 1.54) is 35.0 Å². The van der Waals surface area contributed by atoms with Crippen LogP contribution in [0.4, 0.5) is 4.39 Å². The van der Waals surface area contributed by atoms with Gasteiger partial charge in [0.25, 0.3) is 5.56 Å². The minimum atomic E-state index is -0.527. The lowest BCUT2D eigenvalue weighted by atomic mass is 10.2. The van der Waals surface area contributed by atoms with Crippen LogP contribution < -0.4 is 10.9 Å². The summed E-state index contributed by atoms with van der Waals surface area (Å²) in [6.45, 7) is 1.63. The van der Waals surface area contributed by atoms with Crippen LogP contribution in [0.3, 0.4) is 0 Å². The molecule has 0 aliphatic carbocycles. The minimum Gasteiger partial charge on any atom is -0.421 e. The van der Waals surface area contributed by atoms with Crippen LogP contribution >= 0.6 is 11.6 Å². The Kier molecular flexibility index (Phi) is 5.13. The molecule has 2 heterocycles. The summed E-state index contributed by atoms with van der Waals surface area (Å²) in [5.74, 6) is -0.251. The van der Waals surface area contributed by atoms with Gasteiger partial charge in [0.1, 0.15) is 12.4 Å². The summed E-state index contributed by atoms with van der Waals surface area (Å²) in [6, 6.07) is 7.05. The van der Waals surface area contributed by atoms with Crippen molar-refractivity contribution in [2.75, 3.05) is 0 Å². The smallest absolute Gasteiger partial charge is 0.251 e. The molecule has 0 saturated carbocycles. The lowest BCUT2D eigenvalue weighted by Crippen LogP contribution is -2.31. The van der Waals surface area contributed by atoms with Crippen molar-refractivity contribution in [3.63, 3.8) is 0 Å². The summed E-state index contributed by atoms with van der Waals surface area (Å²) in [4.78, 5) is 24.1. The van der Waals surface area contributed by atoms with Gasteiger partial charge in [-0.3, -0.25) is 9.59 Å². The fourth-order valence-electron chi connectivity index (χ4n) is 2.26. The van der Waals surface area contributed by atoms with Crippen molar-refractivity contribution in [1.29, 1.82) is 0 Å². The number of pyridine rings is 1. The molecule has 134 valence electrons. The van der Waals surface area contributed by atoms with E-state index in [9.17, 15) is 14.0 Å². The van der Waals surface area contributed by atoms with E-state index >= 15 is 0 Å². The van der Waals surface area contributed by atoms with Gasteiger partial charge in [-0.1, -0.05) is 17.7 Å². The summed E-state index contributed by atoms with van der Waals surface area (Å²) >= 11 is 5.70. The van der Waals surface area contributed by atoms with E-state index in [0.717, 1.165) is 0 Å². The molecule has 0 aliphatic heterocycles. The van der Waals surface area contributed by atoms with Crippen molar-refractivity contribution in [1.82, 2.24) is 20.1 Å². The molecule has 3 rings (SSSR count). The first-order valence-corrected chi connectivity index (χ1v) is 8.02. The molecule has 0 bridgehead atoms. The number of aromatic nitrogens is 3. The van der Waals surface area contributed by atoms with Crippen molar-refractivity contribution < 1.29 is 13.6 Å². The SMILES string of the molecule is Cc1nnc(-c2ccc(=O)n(CC(=O)NCc3ccc(F)c(Cl)c3)c2)o1. The zero-order valence-electron chi connectivity index (χ0n) is 13.7. The van der Waals surface area contributed by atoms with Crippen molar-refractivity contribution >= 4 is 17.5 Å². The number of aryl methyl sites for hydroxylation is 1. The van der Waals surface area contributed by atoms with E-state index in [1.54, 1.807) is 13.0 Å². The monoisotopic (exact) mass is 376 g/mol. The minimum absolute atomic E-state index is 0.0180. The number of benzene rings is 1. The second-order valence-electron chi connectivity index (χ2n) is 5.54. The number of halogens is 2. The Morgan fingerprint density at radius 3 is 2.81 bits per heavy atom.